The molecule has 0 aliphatic rings. The van der Waals surface area contributed by atoms with Gasteiger partial charge in [0.05, 0.1) is 5.52 Å². The Morgan fingerprint density at radius 1 is 1.09 bits per heavy atom. The van der Waals surface area contributed by atoms with Crippen LogP contribution in [-0.4, -0.2) is 26.3 Å². The van der Waals surface area contributed by atoms with Gasteiger partial charge in [-0.2, -0.15) is 13.2 Å². The molecule has 5 nitrogen and oxygen atoms in total. The van der Waals surface area contributed by atoms with Crippen molar-refractivity contribution in [1.82, 2.24) is 4.98 Å². The molecule has 1 atom stereocenters. The SMILES string of the molecule is CC(C)c1cccc(-c2c(C(=O)OC(C)(C)C)c(OS(=O)C(F)(F)F)nc3ccc(Cl)cc23)c1. The van der Waals surface area contributed by atoms with Crippen LogP contribution in [0.5, 0.6) is 5.88 Å². The quantitative estimate of drug-likeness (QED) is 0.338. The molecule has 182 valence electrons. The maximum Gasteiger partial charge on any atom is 0.508 e. The zero-order valence-electron chi connectivity index (χ0n) is 19.1. The predicted molar refractivity (Wildman–Crippen MR) is 126 cm³/mol. The summed E-state index contributed by atoms with van der Waals surface area (Å²) >= 11 is 2.45. The summed E-state index contributed by atoms with van der Waals surface area (Å²) in [6, 6.07) is 11.7. The second kappa shape index (κ2) is 9.54. The lowest BCUT2D eigenvalue weighted by atomic mass is 9.92. The number of halogens is 4. The fraction of sp³-hybridized carbons (Fsp3) is 0.333. The van der Waals surface area contributed by atoms with Gasteiger partial charge in [-0.25, -0.2) is 14.0 Å². The highest BCUT2D eigenvalue weighted by atomic mass is 35.5. The van der Waals surface area contributed by atoms with Gasteiger partial charge in [0.1, 0.15) is 11.2 Å². The van der Waals surface area contributed by atoms with E-state index >= 15 is 0 Å². The van der Waals surface area contributed by atoms with E-state index in [0.717, 1.165) is 5.56 Å². The number of ether oxygens (including phenoxy) is 1. The molecule has 0 aliphatic heterocycles. The van der Waals surface area contributed by atoms with E-state index in [-0.39, 0.29) is 22.6 Å². The van der Waals surface area contributed by atoms with Crippen molar-refractivity contribution in [2.75, 3.05) is 0 Å². The summed E-state index contributed by atoms with van der Waals surface area (Å²) in [6.07, 6.45) is 0. The molecule has 0 aliphatic carbocycles. The molecular formula is C24H23ClF3NO4S. The van der Waals surface area contributed by atoms with Gasteiger partial charge < -0.3 is 8.92 Å². The number of esters is 1. The molecule has 3 aromatic rings. The van der Waals surface area contributed by atoms with Crippen LogP contribution < -0.4 is 4.18 Å². The molecule has 0 saturated carbocycles. The number of fused-ring (bicyclic) bond motifs is 1. The first kappa shape index (κ1) is 26.0. The smallest absolute Gasteiger partial charge is 0.456 e. The number of hydrogen-bond acceptors (Lipinski definition) is 5. The maximum absolute atomic E-state index is 13.3. The minimum absolute atomic E-state index is 0.134. The Kier molecular flexibility index (Phi) is 7.28. The molecule has 0 radical (unpaired) electrons. The molecule has 1 unspecified atom stereocenters. The standard InChI is InChI=1S/C24H23ClF3NO4S/c1-13(2)14-7-6-8-15(11-14)19-17-12-16(25)9-10-18(17)29-21(33-34(31)24(26,27)28)20(19)22(30)32-23(3,4)5/h6-13H,1-5H3. The Bertz CT molecular complexity index is 1270. The zero-order chi connectivity index (χ0) is 25.4. The second-order valence-electron chi connectivity index (χ2n) is 8.87. The summed E-state index contributed by atoms with van der Waals surface area (Å²) in [4.78, 5) is 17.4. The molecule has 1 aromatic heterocycles. The average molecular weight is 514 g/mol. The van der Waals surface area contributed by atoms with E-state index in [1.807, 2.05) is 26.0 Å². The van der Waals surface area contributed by atoms with Crippen molar-refractivity contribution in [1.29, 1.82) is 0 Å². The van der Waals surface area contributed by atoms with Crippen molar-refractivity contribution in [3.05, 3.63) is 58.6 Å². The molecule has 2 aromatic carbocycles. The van der Waals surface area contributed by atoms with Crippen LogP contribution in [0.2, 0.25) is 5.02 Å². The third kappa shape index (κ3) is 5.88. The maximum atomic E-state index is 13.3. The number of carbonyl (C=O) groups excluding carboxylic acids is 1. The lowest BCUT2D eigenvalue weighted by Crippen LogP contribution is -2.26. The zero-order valence-corrected chi connectivity index (χ0v) is 20.7. The van der Waals surface area contributed by atoms with Crippen molar-refractivity contribution >= 4 is 39.6 Å². The van der Waals surface area contributed by atoms with Gasteiger partial charge in [-0.3, -0.25) is 0 Å². The number of alkyl halides is 3. The highest BCUT2D eigenvalue weighted by molar-refractivity contribution is 7.81. The van der Waals surface area contributed by atoms with Crippen LogP contribution in [0.15, 0.2) is 42.5 Å². The highest BCUT2D eigenvalue weighted by Gasteiger charge is 2.41. The normalized spacial score (nSPS) is 13.2. The van der Waals surface area contributed by atoms with Crippen LogP contribution >= 0.6 is 11.6 Å². The molecule has 0 spiro atoms. The van der Waals surface area contributed by atoms with E-state index in [9.17, 15) is 22.2 Å². The number of nitrogens with zero attached hydrogens (tertiary/aromatic N) is 1. The molecule has 0 amide bonds. The van der Waals surface area contributed by atoms with Gasteiger partial charge in [-0.05, 0) is 56.0 Å². The first-order chi connectivity index (χ1) is 15.7. The molecule has 3 rings (SSSR count). The topological polar surface area (TPSA) is 65.5 Å². The first-order valence-corrected chi connectivity index (χ1v) is 11.8. The van der Waals surface area contributed by atoms with Crippen LogP contribution in [-0.2, 0) is 15.8 Å². The van der Waals surface area contributed by atoms with Gasteiger partial charge in [0.15, 0.2) is 0 Å². The third-order valence-corrected chi connectivity index (χ3v) is 5.62. The molecule has 0 fully saturated rings. The lowest BCUT2D eigenvalue weighted by molar-refractivity contribution is -0.0439. The van der Waals surface area contributed by atoms with Crippen molar-refractivity contribution in [2.45, 2.75) is 51.6 Å². The molecule has 10 heteroatoms. The Morgan fingerprint density at radius 3 is 2.35 bits per heavy atom. The van der Waals surface area contributed by atoms with Crippen molar-refractivity contribution in [2.24, 2.45) is 0 Å². The summed E-state index contributed by atoms with van der Waals surface area (Å²) in [5.41, 5.74) is -4.65. The van der Waals surface area contributed by atoms with Crippen LogP contribution in [0.3, 0.4) is 0 Å². The molecule has 0 N–H and O–H groups in total. The van der Waals surface area contributed by atoms with Gasteiger partial charge in [-0.1, -0.05) is 49.7 Å². The van der Waals surface area contributed by atoms with Gasteiger partial charge >= 0.3 is 22.6 Å². The van der Waals surface area contributed by atoms with E-state index in [4.69, 9.17) is 20.5 Å². The van der Waals surface area contributed by atoms with Gasteiger partial charge in [0.2, 0.25) is 5.88 Å². The number of benzene rings is 2. The van der Waals surface area contributed by atoms with Crippen LogP contribution in [0, 0.1) is 0 Å². The Balaban J connectivity index is 2.42. The summed E-state index contributed by atoms with van der Waals surface area (Å²) < 4.78 is 61.3. The van der Waals surface area contributed by atoms with E-state index in [1.165, 1.54) is 12.1 Å². The fourth-order valence-electron chi connectivity index (χ4n) is 3.26. The number of rotatable bonds is 5. The lowest BCUT2D eigenvalue weighted by Gasteiger charge is -2.23. The van der Waals surface area contributed by atoms with Gasteiger partial charge in [0.25, 0.3) is 0 Å². The highest BCUT2D eigenvalue weighted by Crippen LogP contribution is 2.40. The molecule has 0 saturated heterocycles. The summed E-state index contributed by atoms with van der Waals surface area (Å²) in [6.45, 7) is 8.81. The fourth-order valence-corrected chi connectivity index (χ4v) is 3.79. The molecular weight excluding hydrogens is 491 g/mol. The van der Waals surface area contributed by atoms with Gasteiger partial charge in [-0.15, -0.1) is 0 Å². The van der Waals surface area contributed by atoms with Crippen molar-refractivity contribution in [3.8, 4) is 17.0 Å². The van der Waals surface area contributed by atoms with Crippen LogP contribution in [0.25, 0.3) is 22.0 Å². The predicted octanol–water partition coefficient (Wildman–Crippen LogP) is 7.20. The van der Waals surface area contributed by atoms with Crippen molar-refractivity contribution < 1.29 is 31.1 Å². The molecule has 1 heterocycles. The summed E-state index contributed by atoms with van der Waals surface area (Å²) in [5, 5.41) is 0.734. The van der Waals surface area contributed by atoms with Crippen molar-refractivity contribution in [3.63, 3.8) is 0 Å². The first-order valence-electron chi connectivity index (χ1n) is 10.3. The number of hydrogen-bond donors (Lipinski definition) is 0. The minimum atomic E-state index is -5.18. The number of carbonyl (C=O) groups is 1. The van der Waals surface area contributed by atoms with Crippen LogP contribution in [0.4, 0.5) is 13.2 Å². The monoisotopic (exact) mass is 513 g/mol. The Hall–Kier alpha value is -2.65. The van der Waals surface area contributed by atoms with Crippen LogP contribution in [0.1, 0.15) is 56.5 Å². The number of aromatic nitrogens is 1. The van der Waals surface area contributed by atoms with E-state index in [2.05, 4.69) is 4.98 Å². The van der Waals surface area contributed by atoms with E-state index < -0.39 is 34.0 Å². The molecule has 0 bridgehead atoms. The minimum Gasteiger partial charge on any atom is -0.456 e. The average Bonchev–Trinajstić information content (AvgIpc) is 2.71. The largest absolute Gasteiger partial charge is 0.508 e. The molecule has 34 heavy (non-hydrogen) atoms. The van der Waals surface area contributed by atoms with E-state index in [0.29, 0.717) is 16.0 Å². The van der Waals surface area contributed by atoms with E-state index in [1.54, 1.807) is 39.0 Å². The second-order valence-corrected chi connectivity index (χ2v) is 10.4. The van der Waals surface area contributed by atoms with Gasteiger partial charge in [0, 0.05) is 16.0 Å². The number of pyridine rings is 1. The third-order valence-electron chi connectivity index (χ3n) is 4.70. The summed E-state index contributed by atoms with van der Waals surface area (Å²) in [7, 11) is 0. The Morgan fingerprint density at radius 2 is 1.76 bits per heavy atom. The summed E-state index contributed by atoms with van der Waals surface area (Å²) in [5.74, 6) is -1.58. The Labute approximate surface area is 202 Å².